The Morgan fingerprint density at radius 3 is 2.25 bits per heavy atom. The van der Waals surface area contributed by atoms with Crippen LogP contribution in [0.3, 0.4) is 0 Å². The molecule has 0 fully saturated rings. The van der Waals surface area contributed by atoms with Crippen LogP contribution in [-0.2, 0) is 14.8 Å². The Kier molecular flexibility index (Phi) is 7.37. The predicted octanol–water partition coefficient (Wildman–Crippen LogP) is 4.24. The van der Waals surface area contributed by atoms with Gasteiger partial charge in [0.25, 0.3) is 10.0 Å². The van der Waals surface area contributed by atoms with Gasteiger partial charge in [0.2, 0.25) is 5.91 Å². The van der Waals surface area contributed by atoms with E-state index in [-0.39, 0.29) is 4.90 Å². The van der Waals surface area contributed by atoms with Crippen LogP contribution in [0.1, 0.15) is 12.5 Å². The zero-order chi connectivity index (χ0) is 23.1. The van der Waals surface area contributed by atoms with Gasteiger partial charge in [0, 0.05) is 0 Å². The van der Waals surface area contributed by atoms with Crippen molar-refractivity contribution >= 4 is 27.3 Å². The molecule has 32 heavy (non-hydrogen) atoms. The molecule has 0 aliphatic heterocycles. The fraction of sp³-hybridized carbons (Fsp3) is 0.208. The molecule has 0 spiro atoms. The number of para-hydroxylation sites is 2. The lowest BCUT2D eigenvalue weighted by atomic mass is 10.2. The Labute approximate surface area is 188 Å². The Balaban J connectivity index is 1.94. The van der Waals surface area contributed by atoms with Crippen LogP contribution in [0.15, 0.2) is 77.7 Å². The molecule has 0 saturated heterocycles. The van der Waals surface area contributed by atoms with E-state index in [0.29, 0.717) is 29.5 Å². The van der Waals surface area contributed by atoms with Gasteiger partial charge in [0.1, 0.15) is 18.0 Å². The molecule has 7 nitrogen and oxygen atoms in total. The van der Waals surface area contributed by atoms with Crippen molar-refractivity contribution in [3.8, 4) is 11.5 Å². The highest BCUT2D eigenvalue weighted by Crippen LogP contribution is 2.27. The quantitative estimate of drug-likeness (QED) is 0.523. The largest absolute Gasteiger partial charge is 0.495 e. The summed E-state index contributed by atoms with van der Waals surface area (Å²) in [5, 5.41) is 2.73. The molecule has 1 amide bonds. The van der Waals surface area contributed by atoms with Crippen LogP contribution in [0.25, 0.3) is 0 Å². The molecular weight excluding hydrogens is 428 g/mol. The number of hydrogen-bond acceptors (Lipinski definition) is 5. The molecule has 0 heterocycles. The third-order valence-corrected chi connectivity index (χ3v) is 6.50. The SMILES string of the molecule is CCOc1ccc(N(CC(=O)Nc2ccccc2OC)S(=O)(=O)c2ccc(C)cc2)cc1. The minimum absolute atomic E-state index is 0.0991. The lowest BCUT2D eigenvalue weighted by Gasteiger charge is -2.24. The summed E-state index contributed by atoms with van der Waals surface area (Å²) < 4.78 is 38.7. The summed E-state index contributed by atoms with van der Waals surface area (Å²) >= 11 is 0. The average molecular weight is 455 g/mol. The zero-order valence-electron chi connectivity index (χ0n) is 18.2. The number of sulfonamides is 1. The van der Waals surface area contributed by atoms with Crippen LogP contribution in [0.2, 0.25) is 0 Å². The molecule has 0 atom stereocenters. The molecule has 0 aliphatic rings. The van der Waals surface area contributed by atoms with Gasteiger partial charge in [-0.3, -0.25) is 9.10 Å². The standard InChI is InChI=1S/C24H26N2O5S/c1-4-31-20-13-11-19(12-14-20)26(32(28,29)21-15-9-18(2)10-16-21)17-24(27)25-22-7-5-6-8-23(22)30-3/h5-16H,4,17H2,1-3H3,(H,25,27). The summed E-state index contributed by atoms with van der Waals surface area (Å²) in [7, 11) is -2.50. The first-order chi connectivity index (χ1) is 15.3. The van der Waals surface area contributed by atoms with Crippen LogP contribution in [-0.4, -0.2) is 34.6 Å². The predicted molar refractivity (Wildman–Crippen MR) is 125 cm³/mol. The van der Waals surface area contributed by atoms with E-state index >= 15 is 0 Å². The summed E-state index contributed by atoms with van der Waals surface area (Å²) in [5.41, 5.74) is 1.74. The fourth-order valence-electron chi connectivity index (χ4n) is 3.10. The maximum Gasteiger partial charge on any atom is 0.264 e. The van der Waals surface area contributed by atoms with Crippen molar-refractivity contribution in [2.75, 3.05) is 29.9 Å². The van der Waals surface area contributed by atoms with E-state index in [1.54, 1.807) is 60.7 Å². The summed E-state index contributed by atoms with van der Waals surface area (Å²) in [6, 6.07) is 20.0. The molecule has 0 radical (unpaired) electrons. The lowest BCUT2D eigenvalue weighted by Crippen LogP contribution is -2.38. The molecular formula is C24H26N2O5S. The molecule has 0 aliphatic carbocycles. The van der Waals surface area contributed by atoms with E-state index in [9.17, 15) is 13.2 Å². The second-order valence-corrected chi connectivity index (χ2v) is 8.86. The van der Waals surface area contributed by atoms with Gasteiger partial charge in [-0.25, -0.2) is 8.42 Å². The fourth-order valence-corrected chi connectivity index (χ4v) is 4.52. The number of benzene rings is 3. The van der Waals surface area contributed by atoms with Crippen molar-refractivity contribution in [1.29, 1.82) is 0 Å². The summed E-state index contributed by atoms with van der Waals surface area (Å²) in [6.45, 7) is 3.82. The summed E-state index contributed by atoms with van der Waals surface area (Å²) in [4.78, 5) is 13.0. The van der Waals surface area contributed by atoms with E-state index in [1.165, 1.54) is 19.2 Å². The summed E-state index contributed by atoms with van der Waals surface area (Å²) in [5.74, 6) is 0.594. The molecule has 0 bridgehead atoms. The van der Waals surface area contributed by atoms with Crippen molar-refractivity contribution in [2.24, 2.45) is 0 Å². The summed E-state index contributed by atoms with van der Waals surface area (Å²) in [6.07, 6.45) is 0. The Morgan fingerprint density at radius 2 is 1.62 bits per heavy atom. The van der Waals surface area contributed by atoms with Gasteiger partial charge >= 0.3 is 0 Å². The molecule has 168 valence electrons. The van der Waals surface area contributed by atoms with E-state index in [0.717, 1.165) is 9.87 Å². The maximum absolute atomic E-state index is 13.5. The number of nitrogens with one attached hydrogen (secondary N) is 1. The number of anilines is 2. The molecule has 3 aromatic carbocycles. The Hall–Kier alpha value is -3.52. The van der Waals surface area contributed by atoms with E-state index < -0.39 is 22.5 Å². The van der Waals surface area contributed by atoms with Crippen LogP contribution in [0.5, 0.6) is 11.5 Å². The van der Waals surface area contributed by atoms with Crippen molar-refractivity contribution in [2.45, 2.75) is 18.7 Å². The second kappa shape index (κ2) is 10.2. The highest BCUT2D eigenvalue weighted by Gasteiger charge is 2.27. The Bertz CT molecular complexity index is 1160. The number of rotatable bonds is 9. The van der Waals surface area contributed by atoms with E-state index in [4.69, 9.17) is 9.47 Å². The monoisotopic (exact) mass is 454 g/mol. The average Bonchev–Trinajstić information content (AvgIpc) is 2.79. The van der Waals surface area contributed by atoms with E-state index in [2.05, 4.69) is 5.32 Å². The minimum Gasteiger partial charge on any atom is -0.495 e. The molecule has 1 N–H and O–H groups in total. The first-order valence-corrected chi connectivity index (χ1v) is 11.5. The lowest BCUT2D eigenvalue weighted by molar-refractivity contribution is -0.114. The third kappa shape index (κ3) is 5.39. The van der Waals surface area contributed by atoms with E-state index in [1.807, 2.05) is 13.8 Å². The number of aryl methyl sites for hydroxylation is 1. The van der Waals surface area contributed by atoms with Gasteiger partial charge < -0.3 is 14.8 Å². The highest BCUT2D eigenvalue weighted by atomic mass is 32.2. The topological polar surface area (TPSA) is 84.9 Å². The van der Waals surface area contributed by atoms with Crippen molar-refractivity contribution < 1.29 is 22.7 Å². The smallest absolute Gasteiger partial charge is 0.264 e. The number of methoxy groups -OCH3 is 1. The van der Waals surface area contributed by atoms with Crippen molar-refractivity contribution in [3.63, 3.8) is 0 Å². The number of amides is 1. The first kappa shape index (κ1) is 23.1. The zero-order valence-corrected chi connectivity index (χ0v) is 19.1. The molecule has 0 aromatic heterocycles. The van der Waals surface area contributed by atoms with Gasteiger partial charge in [-0.1, -0.05) is 29.8 Å². The molecule has 3 rings (SSSR count). The Morgan fingerprint density at radius 1 is 0.969 bits per heavy atom. The minimum atomic E-state index is -4.00. The normalized spacial score (nSPS) is 11.0. The number of nitrogens with zero attached hydrogens (tertiary/aromatic N) is 1. The maximum atomic E-state index is 13.5. The van der Waals surface area contributed by atoms with Gasteiger partial charge in [-0.05, 0) is 62.4 Å². The van der Waals surface area contributed by atoms with Crippen LogP contribution < -0.4 is 19.1 Å². The van der Waals surface area contributed by atoms with Crippen LogP contribution in [0, 0.1) is 6.92 Å². The highest BCUT2D eigenvalue weighted by molar-refractivity contribution is 7.92. The van der Waals surface area contributed by atoms with Crippen LogP contribution >= 0.6 is 0 Å². The van der Waals surface area contributed by atoms with Gasteiger partial charge in [-0.2, -0.15) is 0 Å². The number of carbonyl (C=O) groups excluding carboxylic acids is 1. The van der Waals surface area contributed by atoms with Crippen LogP contribution in [0.4, 0.5) is 11.4 Å². The first-order valence-electron chi connectivity index (χ1n) is 10.1. The van der Waals surface area contributed by atoms with Gasteiger partial charge in [-0.15, -0.1) is 0 Å². The third-order valence-electron chi connectivity index (χ3n) is 4.71. The number of carbonyl (C=O) groups is 1. The number of ether oxygens (including phenoxy) is 2. The molecule has 3 aromatic rings. The molecule has 0 saturated carbocycles. The molecule has 8 heteroatoms. The van der Waals surface area contributed by atoms with Gasteiger partial charge in [0.05, 0.1) is 30.0 Å². The van der Waals surface area contributed by atoms with Crippen molar-refractivity contribution in [1.82, 2.24) is 0 Å². The van der Waals surface area contributed by atoms with Crippen molar-refractivity contribution in [3.05, 3.63) is 78.4 Å². The molecule has 0 unspecified atom stereocenters. The number of hydrogen-bond donors (Lipinski definition) is 1. The van der Waals surface area contributed by atoms with Gasteiger partial charge in [0.15, 0.2) is 0 Å². The second-order valence-electron chi connectivity index (χ2n) is 7.00.